The number of pyridine rings is 1. The van der Waals surface area contributed by atoms with Crippen molar-refractivity contribution in [1.82, 2.24) is 4.98 Å². The molecule has 0 spiro atoms. The Kier molecular flexibility index (Phi) is 2.20. The third kappa shape index (κ3) is 1.35. The molecule has 1 aromatic carbocycles. The van der Waals surface area contributed by atoms with Crippen molar-refractivity contribution >= 4 is 0 Å². The number of phenols is 1. The summed E-state index contributed by atoms with van der Waals surface area (Å²) in [7, 11) is 1.51. The quantitative estimate of drug-likeness (QED) is 0.686. The zero-order chi connectivity index (χ0) is 12.9. The van der Waals surface area contributed by atoms with Gasteiger partial charge in [-0.3, -0.25) is 4.79 Å². The molecule has 0 saturated carbocycles. The monoisotopic (exact) mass is 243 g/mol. The van der Waals surface area contributed by atoms with Gasteiger partial charge < -0.3 is 14.8 Å². The number of phenolic OH excluding ortho intramolecular Hbond substituents is 1. The van der Waals surface area contributed by atoms with Crippen LogP contribution < -0.4 is 10.3 Å². The van der Waals surface area contributed by atoms with Crippen LogP contribution >= 0.6 is 0 Å². The molecular formula is C14H13NO3. The van der Waals surface area contributed by atoms with Gasteiger partial charge in [-0.25, -0.2) is 0 Å². The van der Waals surface area contributed by atoms with E-state index < -0.39 is 0 Å². The molecule has 92 valence electrons. The number of nitrogens with one attached hydrogen (secondary N) is 1. The second kappa shape index (κ2) is 3.63. The van der Waals surface area contributed by atoms with E-state index in [9.17, 15) is 9.90 Å². The second-order valence-electron chi connectivity index (χ2n) is 4.50. The largest absolute Gasteiger partial charge is 0.504 e. The Balaban J connectivity index is 2.35. The van der Waals surface area contributed by atoms with Crippen LogP contribution in [0.15, 0.2) is 23.0 Å². The summed E-state index contributed by atoms with van der Waals surface area (Å²) in [5.74, 6) is 0.513. The molecule has 0 aliphatic heterocycles. The lowest BCUT2D eigenvalue weighted by Gasteiger charge is -2.08. The molecule has 3 rings (SSSR count). The Labute approximate surface area is 104 Å². The van der Waals surface area contributed by atoms with Gasteiger partial charge >= 0.3 is 0 Å². The van der Waals surface area contributed by atoms with Crippen molar-refractivity contribution in [2.45, 2.75) is 13.3 Å². The maximum absolute atomic E-state index is 11.6. The Bertz CT molecular complexity index is 701. The second-order valence-corrected chi connectivity index (χ2v) is 4.50. The van der Waals surface area contributed by atoms with E-state index >= 15 is 0 Å². The average Bonchev–Trinajstić information content (AvgIpc) is 2.69. The molecule has 1 aliphatic carbocycles. The summed E-state index contributed by atoms with van der Waals surface area (Å²) in [6.45, 7) is 1.91. The van der Waals surface area contributed by atoms with Crippen LogP contribution in [0.2, 0.25) is 0 Å². The zero-order valence-corrected chi connectivity index (χ0v) is 10.2. The van der Waals surface area contributed by atoms with Crippen LogP contribution in [0.5, 0.6) is 11.5 Å². The van der Waals surface area contributed by atoms with Gasteiger partial charge in [-0.1, -0.05) is 6.07 Å². The van der Waals surface area contributed by atoms with E-state index in [-0.39, 0.29) is 11.3 Å². The van der Waals surface area contributed by atoms with Crippen LogP contribution in [0.4, 0.5) is 0 Å². The molecule has 0 atom stereocenters. The third-order valence-corrected chi connectivity index (χ3v) is 3.44. The van der Waals surface area contributed by atoms with E-state index in [2.05, 4.69) is 4.98 Å². The maximum Gasteiger partial charge on any atom is 0.248 e. The average molecular weight is 243 g/mol. The number of methoxy groups -OCH3 is 1. The molecule has 4 heteroatoms. The highest BCUT2D eigenvalue weighted by atomic mass is 16.5. The van der Waals surface area contributed by atoms with Gasteiger partial charge in [0.25, 0.3) is 0 Å². The molecule has 18 heavy (non-hydrogen) atoms. The lowest BCUT2D eigenvalue weighted by molar-refractivity contribution is 0.374. The number of aromatic hydroxyl groups is 1. The Hall–Kier alpha value is -2.23. The summed E-state index contributed by atoms with van der Waals surface area (Å²) >= 11 is 0. The zero-order valence-electron chi connectivity index (χ0n) is 10.2. The summed E-state index contributed by atoms with van der Waals surface area (Å²) in [4.78, 5) is 14.4. The fourth-order valence-electron chi connectivity index (χ4n) is 2.55. The third-order valence-electron chi connectivity index (χ3n) is 3.44. The lowest BCUT2D eigenvalue weighted by atomic mass is 10.1. The van der Waals surface area contributed by atoms with Crippen molar-refractivity contribution < 1.29 is 9.84 Å². The van der Waals surface area contributed by atoms with Crippen molar-refractivity contribution in [2.75, 3.05) is 7.11 Å². The molecule has 2 N–H and O–H groups in total. The van der Waals surface area contributed by atoms with Gasteiger partial charge in [0.1, 0.15) is 0 Å². The SMILES string of the molecule is COc1ccc2c(c1O)-c1[nH]c(=O)cc(C)c1C2. The normalized spacial score (nSPS) is 12.1. The lowest BCUT2D eigenvalue weighted by Crippen LogP contribution is -2.07. The molecular weight excluding hydrogens is 230 g/mol. The molecule has 1 aliphatic rings. The smallest absolute Gasteiger partial charge is 0.248 e. The minimum absolute atomic E-state index is 0.0926. The first kappa shape index (κ1) is 10.9. The van der Waals surface area contributed by atoms with Crippen LogP contribution in [0.3, 0.4) is 0 Å². The van der Waals surface area contributed by atoms with Gasteiger partial charge in [0.2, 0.25) is 5.56 Å². The fraction of sp³-hybridized carbons (Fsp3) is 0.214. The number of H-pyrrole nitrogens is 1. The van der Waals surface area contributed by atoms with Gasteiger partial charge in [0.05, 0.1) is 12.8 Å². The van der Waals surface area contributed by atoms with Crippen molar-refractivity contribution in [2.24, 2.45) is 0 Å². The van der Waals surface area contributed by atoms with Crippen molar-refractivity contribution in [3.05, 3.63) is 45.2 Å². The van der Waals surface area contributed by atoms with E-state index in [4.69, 9.17) is 4.74 Å². The van der Waals surface area contributed by atoms with Gasteiger partial charge in [-0.2, -0.15) is 0 Å². The summed E-state index contributed by atoms with van der Waals surface area (Å²) in [6.07, 6.45) is 0.727. The molecule has 0 bridgehead atoms. The molecule has 0 radical (unpaired) electrons. The van der Waals surface area contributed by atoms with Gasteiger partial charge in [0.15, 0.2) is 11.5 Å². The minimum Gasteiger partial charge on any atom is -0.504 e. The highest BCUT2D eigenvalue weighted by molar-refractivity contribution is 5.81. The van der Waals surface area contributed by atoms with Crippen molar-refractivity contribution in [3.63, 3.8) is 0 Å². The number of aromatic amines is 1. The van der Waals surface area contributed by atoms with E-state index in [1.54, 1.807) is 12.1 Å². The molecule has 0 fully saturated rings. The van der Waals surface area contributed by atoms with Crippen LogP contribution in [0.25, 0.3) is 11.3 Å². The predicted molar refractivity (Wildman–Crippen MR) is 68.3 cm³/mol. The molecule has 0 saturated heterocycles. The first-order valence-electron chi connectivity index (χ1n) is 5.74. The standard InChI is InChI=1S/C14H13NO3/c1-7-5-11(16)15-13-9(7)6-8-3-4-10(18-2)14(17)12(8)13/h3-5,17H,6H2,1-2H3,(H,15,16). The number of hydrogen-bond donors (Lipinski definition) is 2. The number of aromatic nitrogens is 1. The molecule has 2 aromatic rings. The highest BCUT2D eigenvalue weighted by Gasteiger charge is 2.26. The van der Waals surface area contributed by atoms with Crippen LogP contribution in [0, 0.1) is 6.92 Å². The van der Waals surface area contributed by atoms with Crippen LogP contribution in [0.1, 0.15) is 16.7 Å². The summed E-state index contributed by atoms with van der Waals surface area (Å²) < 4.78 is 5.10. The minimum atomic E-state index is -0.152. The van der Waals surface area contributed by atoms with Gasteiger partial charge in [-0.05, 0) is 29.7 Å². The first-order chi connectivity index (χ1) is 8.61. The number of benzene rings is 1. The molecule has 1 heterocycles. The molecule has 4 nitrogen and oxygen atoms in total. The predicted octanol–water partition coefficient (Wildman–Crippen LogP) is 1.97. The van der Waals surface area contributed by atoms with Crippen molar-refractivity contribution in [3.8, 4) is 22.8 Å². The van der Waals surface area contributed by atoms with E-state index in [0.29, 0.717) is 17.0 Å². The Morgan fingerprint density at radius 1 is 1.39 bits per heavy atom. The molecule has 0 unspecified atom stereocenters. The summed E-state index contributed by atoms with van der Waals surface area (Å²) in [5.41, 5.74) is 4.27. The topological polar surface area (TPSA) is 62.3 Å². The molecule has 1 aromatic heterocycles. The summed E-state index contributed by atoms with van der Waals surface area (Å²) in [5, 5.41) is 10.2. The van der Waals surface area contributed by atoms with E-state index in [0.717, 1.165) is 23.1 Å². The van der Waals surface area contributed by atoms with Gasteiger partial charge in [0, 0.05) is 18.1 Å². The highest BCUT2D eigenvalue weighted by Crippen LogP contribution is 2.45. The Morgan fingerprint density at radius 3 is 2.89 bits per heavy atom. The number of aryl methyl sites for hydroxylation is 1. The molecule has 0 amide bonds. The van der Waals surface area contributed by atoms with E-state index in [1.165, 1.54) is 7.11 Å². The number of fused-ring (bicyclic) bond motifs is 3. The number of rotatable bonds is 1. The van der Waals surface area contributed by atoms with E-state index in [1.807, 2.05) is 13.0 Å². The fourth-order valence-corrected chi connectivity index (χ4v) is 2.55. The number of ether oxygens (including phenoxy) is 1. The first-order valence-corrected chi connectivity index (χ1v) is 5.74. The van der Waals surface area contributed by atoms with Gasteiger partial charge in [-0.15, -0.1) is 0 Å². The number of hydrogen-bond acceptors (Lipinski definition) is 3. The van der Waals surface area contributed by atoms with Crippen molar-refractivity contribution in [1.29, 1.82) is 0 Å². The Morgan fingerprint density at radius 2 is 2.17 bits per heavy atom. The van der Waals surface area contributed by atoms with Crippen LogP contribution in [-0.2, 0) is 6.42 Å². The maximum atomic E-state index is 11.6. The summed E-state index contributed by atoms with van der Waals surface area (Å²) in [6, 6.07) is 5.25. The van der Waals surface area contributed by atoms with Crippen LogP contribution in [-0.4, -0.2) is 17.2 Å².